The van der Waals surface area contributed by atoms with E-state index in [1.54, 1.807) is 17.1 Å². The number of hydrogen-bond acceptors (Lipinski definition) is 7. The molecule has 152 valence electrons. The molecule has 0 aliphatic carbocycles. The lowest BCUT2D eigenvalue weighted by Gasteiger charge is -2.28. The van der Waals surface area contributed by atoms with Gasteiger partial charge in [-0.05, 0) is 36.4 Å². The third-order valence-corrected chi connectivity index (χ3v) is 5.08. The molecular weight excluding hydrogens is 380 g/mol. The van der Waals surface area contributed by atoms with E-state index in [1.165, 1.54) is 12.1 Å². The molecular formula is C22H22N6O2. The van der Waals surface area contributed by atoms with Gasteiger partial charge in [0, 0.05) is 55.0 Å². The molecule has 4 heterocycles. The highest BCUT2D eigenvalue weighted by atomic mass is 16.5. The Hall–Kier alpha value is -3.65. The number of morpholine rings is 1. The average Bonchev–Trinajstić information content (AvgIpc) is 3.44. The van der Waals surface area contributed by atoms with E-state index >= 15 is 0 Å². The third kappa shape index (κ3) is 3.77. The Morgan fingerprint density at radius 3 is 2.60 bits per heavy atom. The van der Waals surface area contributed by atoms with Gasteiger partial charge in [-0.15, -0.1) is 0 Å². The average molecular weight is 402 g/mol. The molecule has 0 radical (unpaired) electrons. The minimum atomic E-state index is 0.691. The van der Waals surface area contributed by atoms with Gasteiger partial charge in [0.2, 0.25) is 0 Å². The van der Waals surface area contributed by atoms with Crippen LogP contribution in [-0.2, 0) is 11.8 Å². The number of benzene rings is 1. The standard InChI is InChI=1S/C22H22N6O2/c1-27-14-17(13-25-27)21-22(30-15-24-21)16-6-7-23-20(12-16)26-18-2-4-19(5-3-18)28-8-10-29-11-9-28/h2-7,12-15H,8-11H2,1H3,(H,23,26). The zero-order valence-corrected chi connectivity index (χ0v) is 16.7. The van der Waals surface area contributed by atoms with E-state index in [0.29, 0.717) is 5.76 Å². The van der Waals surface area contributed by atoms with Gasteiger partial charge in [-0.3, -0.25) is 4.68 Å². The molecule has 5 rings (SSSR count). The van der Waals surface area contributed by atoms with Gasteiger partial charge in [0.25, 0.3) is 0 Å². The molecule has 3 aromatic heterocycles. The summed E-state index contributed by atoms with van der Waals surface area (Å²) >= 11 is 0. The zero-order valence-electron chi connectivity index (χ0n) is 16.7. The predicted molar refractivity (Wildman–Crippen MR) is 115 cm³/mol. The number of anilines is 3. The van der Waals surface area contributed by atoms with E-state index in [-0.39, 0.29) is 0 Å². The Kier molecular flexibility index (Phi) is 4.90. The van der Waals surface area contributed by atoms with Crippen LogP contribution in [0.5, 0.6) is 0 Å². The van der Waals surface area contributed by atoms with Crippen molar-refractivity contribution in [2.75, 3.05) is 36.5 Å². The fourth-order valence-corrected chi connectivity index (χ4v) is 3.57. The van der Waals surface area contributed by atoms with Crippen molar-refractivity contribution >= 4 is 17.2 Å². The first-order valence-electron chi connectivity index (χ1n) is 9.85. The second-order valence-electron chi connectivity index (χ2n) is 7.13. The van der Waals surface area contributed by atoms with E-state index in [2.05, 4.69) is 49.5 Å². The molecule has 1 aromatic carbocycles. The van der Waals surface area contributed by atoms with Gasteiger partial charge in [-0.25, -0.2) is 9.97 Å². The molecule has 1 aliphatic rings. The third-order valence-electron chi connectivity index (χ3n) is 5.08. The second-order valence-corrected chi connectivity index (χ2v) is 7.13. The lowest BCUT2D eigenvalue weighted by atomic mass is 10.1. The summed E-state index contributed by atoms with van der Waals surface area (Å²) in [5, 5.41) is 7.59. The van der Waals surface area contributed by atoms with E-state index < -0.39 is 0 Å². The minimum Gasteiger partial charge on any atom is -0.443 e. The SMILES string of the molecule is Cn1cc(-c2ncoc2-c2ccnc(Nc3ccc(N4CCOCC4)cc3)c2)cn1. The van der Waals surface area contributed by atoms with Crippen molar-refractivity contribution in [3.8, 4) is 22.6 Å². The minimum absolute atomic E-state index is 0.691. The maximum absolute atomic E-state index is 5.68. The Bertz CT molecular complexity index is 1130. The maximum atomic E-state index is 5.68. The molecule has 0 amide bonds. The first-order valence-corrected chi connectivity index (χ1v) is 9.85. The highest BCUT2D eigenvalue weighted by Gasteiger charge is 2.15. The molecule has 8 nitrogen and oxygen atoms in total. The first kappa shape index (κ1) is 18.4. The molecule has 0 unspecified atom stereocenters. The van der Waals surface area contributed by atoms with Crippen LogP contribution in [0.25, 0.3) is 22.6 Å². The molecule has 4 aromatic rings. The summed E-state index contributed by atoms with van der Waals surface area (Å²) in [6, 6.07) is 12.2. The van der Waals surface area contributed by atoms with Gasteiger partial charge in [0.1, 0.15) is 11.5 Å². The zero-order chi connectivity index (χ0) is 20.3. The van der Waals surface area contributed by atoms with Crippen LogP contribution in [0.15, 0.2) is 65.8 Å². The molecule has 1 N–H and O–H groups in total. The van der Waals surface area contributed by atoms with Gasteiger partial charge in [0.05, 0.1) is 19.4 Å². The number of oxazole rings is 1. The highest BCUT2D eigenvalue weighted by molar-refractivity contribution is 5.77. The second kappa shape index (κ2) is 8.00. The summed E-state index contributed by atoms with van der Waals surface area (Å²) in [7, 11) is 1.88. The summed E-state index contributed by atoms with van der Waals surface area (Å²) in [6.07, 6.45) is 6.90. The van der Waals surface area contributed by atoms with Crippen molar-refractivity contribution in [2.24, 2.45) is 7.05 Å². The van der Waals surface area contributed by atoms with Crippen molar-refractivity contribution in [3.63, 3.8) is 0 Å². The quantitative estimate of drug-likeness (QED) is 0.545. The summed E-state index contributed by atoms with van der Waals surface area (Å²) in [5.74, 6) is 1.43. The number of hydrogen-bond donors (Lipinski definition) is 1. The van der Waals surface area contributed by atoms with Crippen molar-refractivity contribution in [3.05, 3.63) is 61.4 Å². The van der Waals surface area contributed by atoms with Gasteiger partial charge in [-0.1, -0.05) is 0 Å². The van der Waals surface area contributed by atoms with Crippen LogP contribution in [0, 0.1) is 0 Å². The molecule has 0 spiro atoms. The molecule has 8 heteroatoms. The van der Waals surface area contributed by atoms with E-state index in [0.717, 1.165) is 54.6 Å². The Balaban J connectivity index is 1.35. The molecule has 0 atom stereocenters. The normalized spacial score (nSPS) is 14.1. The Labute approximate surface area is 174 Å². The molecule has 1 fully saturated rings. The van der Waals surface area contributed by atoms with Crippen molar-refractivity contribution < 1.29 is 9.15 Å². The number of pyridine rings is 1. The lowest BCUT2D eigenvalue weighted by Crippen LogP contribution is -2.36. The van der Waals surface area contributed by atoms with Crippen molar-refractivity contribution in [1.29, 1.82) is 0 Å². The molecule has 30 heavy (non-hydrogen) atoms. The Morgan fingerprint density at radius 2 is 1.83 bits per heavy atom. The van der Waals surface area contributed by atoms with Crippen molar-refractivity contribution in [1.82, 2.24) is 19.7 Å². The fraction of sp³-hybridized carbons (Fsp3) is 0.227. The molecule has 1 aliphatic heterocycles. The number of ether oxygens (including phenoxy) is 1. The Morgan fingerprint density at radius 1 is 1.00 bits per heavy atom. The molecule has 0 bridgehead atoms. The lowest BCUT2D eigenvalue weighted by molar-refractivity contribution is 0.122. The topological polar surface area (TPSA) is 81.2 Å². The molecule has 0 saturated carbocycles. The maximum Gasteiger partial charge on any atom is 0.182 e. The van der Waals surface area contributed by atoms with Gasteiger partial charge in [0.15, 0.2) is 12.2 Å². The number of nitrogens with zero attached hydrogens (tertiary/aromatic N) is 5. The van der Waals surface area contributed by atoms with Crippen LogP contribution >= 0.6 is 0 Å². The van der Waals surface area contributed by atoms with Crippen LogP contribution < -0.4 is 10.2 Å². The van der Waals surface area contributed by atoms with Crippen LogP contribution in [0.4, 0.5) is 17.2 Å². The molecule has 1 saturated heterocycles. The summed E-state index contributed by atoms with van der Waals surface area (Å²) in [6.45, 7) is 3.40. The van der Waals surface area contributed by atoms with Gasteiger partial charge in [-0.2, -0.15) is 5.10 Å². The van der Waals surface area contributed by atoms with Crippen LogP contribution in [0.1, 0.15) is 0 Å². The summed E-state index contributed by atoms with van der Waals surface area (Å²) < 4.78 is 12.9. The van der Waals surface area contributed by atoms with E-state index in [1.807, 2.05) is 25.4 Å². The fourth-order valence-electron chi connectivity index (χ4n) is 3.57. The number of rotatable bonds is 5. The largest absolute Gasteiger partial charge is 0.443 e. The summed E-state index contributed by atoms with van der Waals surface area (Å²) in [5.41, 5.74) is 4.74. The van der Waals surface area contributed by atoms with Crippen LogP contribution in [-0.4, -0.2) is 46.1 Å². The van der Waals surface area contributed by atoms with Gasteiger partial charge < -0.3 is 19.4 Å². The highest BCUT2D eigenvalue weighted by Crippen LogP contribution is 2.32. The van der Waals surface area contributed by atoms with Crippen LogP contribution in [0.2, 0.25) is 0 Å². The van der Waals surface area contributed by atoms with Crippen LogP contribution in [0.3, 0.4) is 0 Å². The number of aryl methyl sites for hydroxylation is 1. The smallest absolute Gasteiger partial charge is 0.182 e. The van der Waals surface area contributed by atoms with Gasteiger partial charge >= 0.3 is 0 Å². The van der Waals surface area contributed by atoms with Crippen molar-refractivity contribution in [2.45, 2.75) is 0 Å². The number of aromatic nitrogens is 4. The number of nitrogens with one attached hydrogen (secondary N) is 1. The van der Waals surface area contributed by atoms with E-state index in [4.69, 9.17) is 9.15 Å². The summed E-state index contributed by atoms with van der Waals surface area (Å²) in [4.78, 5) is 11.1. The predicted octanol–water partition coefficient (Wildman–Crippen LogP) is 3.72. The van der Waals surface area contributed by atoms with E-state index in [9.17, 15) is 0 Å². The first-order chi connectivity index (χ1) is 14.8. The monoisotopic (exact) mass is 402 g/mol.